The second-order valence-electron chi connectivity index (χ2n) is 4.42. The van der Waals surface area contributed by atoms with Gasteiger partial charge in [-0.2, -0.15) is 0 Å². The number of urea groups is 1. The topological polar surface area (TPSA) is 87.7 Å². The van der Waals surface area contributed by atoms with Crippen molar-refractivity contribution >= 4 is 29.3 Å². The van der Waals surface area contributed by atoms with Gasteiger partial charge < -0.3 is 20.5 Å². The quantitative estimate of drug-likeness (QED) is 0.780. The molecule has 1 aromatic carbocycles. The van der Waals surface area contributed by atoms with E-state index in [4.69, 9.17) is 21.4 Å². The molecule has 1 unspecified atom stereocenters. The van der Waals surface area contributed by atoms with E-state index in [0.717, 1.165) is 0 Å². The summed E-state index contributed by atoms with van der Waals surface area (Å²) in [5.74, 6) is -0.676. The van der Waals surface area contributed by atoms with Gasteiger partial charge in [-0.25, -0.2) is 9.59 Å². The Bertz CT molecular complexity index is 521. The largest absolute Gasteiger partial charge is 0.495 e. The number of rotatable bonds is 5. The molecule has 0 aromatic heterocycles. The summed E-state index contributed by atoms with van der Waals surface area (Å²) in [4.78, 5) is 22.9. The third-order valence-corrected chi connectivity index (χ3v) is 3.29. The van der Waals surface area contributed by atoms with Gasteiger partial charge in [0.25, 0.3) is 0 Å². The molecular weight excluding hydrogens is 284 g/mol. The van der Waals surface area contributed by atoms with Crippen LogP contribution in [0.3, 0.4) is 0 Å². The number of carboxylic acids is 1. The fourth-order valence-corrected chi connectivity index (χ4v) is 1.64. The molecule has 0 saturated heterocycles. The second kappa shape index (κ2) is 6.47. The van der Waals surface area contributed by atoms with Gasteiger partial charge in [-0.05, 0) is 25.5 Å². The zero-order chi connectivity index (χ0) is 15.3. The fraction of sp³-hybridized carbons (Fsp3) is 0.385. The van der Waals surface area contributed by atoms with Crippen molar-refractivity contribution in [3.05, 3.63) is 23.2 Å². The van der Waals surface area contributed by atoms with Crippen LogP contribution in [0.25, 0.3) is 0 Å². The van der Waals surface area contributed by atoms with Gasteiger partial charge in [-0.15, -0.1) is 0 Å². The third kappa shape index (κ3) is 3.77. The number of anilines is 1. The summed E-state index contributed by atoms with van der Waals surface area (Å²) in [6, 6.07) is 4.10. The molecule has 0 spiro atoms. The highest BCUT2D eigenvalue weighted by Gasteiger charge is 2.32. The number of carbonyl (C=O) groups is 2. The molecule has 0 fully saturated rings. The Morgan fingerprint density at radius 2 is 2.10 bits per heavy atom. The Labute approximate surface area is 122 Å². The Morgan fingerprint density at radius 3 is 2.60 bits per heavy atom. The van der Waals surface area contributed by atoms with E-state index in [1.54, 1.807) is 25.1 Å². The number of aliphatic carboxylic acids is 1. The molecule has 0 aliphatic rings. The minimum atomic E-state index is -1.32. The highest BCUT2D eigenvalue weighted by Crippen LogP contribution is 2.27. The first-order valence-electron chi connectivity index (χ1n) is 5.98. The van der Waals surface area contributed by atoms with E-state index < -0.39 is 17.5 Å². The predicted molar refractivity (Wildman–Crippen MR) is 76.5 cm³/mol. The van der Waals surface area contributed by atoms with E-state index in [9.17, 15) is 9.59 Å². The summed E-state index contributed by atoms with van der Waals surface area (Å²) in [6.07, 6.45) is 0.264. The van der Waals surface area contributed by atoms with Crippen molar-refractivity contribution in [2.75, 3.05) is 12.4 Å². The number of carboxylic acid groups (broad SMARTS) is 1. The first-order chi connectivity index (χ1) is 9.32. The van der Waals surface area contributed by atoms with Gasteiger partial charge >= 0.3 is 12.0 Å². The van der Waals surface area contributed by atoms with Crippen LogP contribution >= 0.6 is 11.6 Å². The number of carbonyl (C=O) groups excluding carboxylic acids is 1. The molecule has 0 radical (unpaired) electrons. The lowest BCUT2D eigenvalue weighted by atomic mass is 10.00. The zero-order valence-corrected chi connectivity index (χ0v) is 12.2. The van der Waals surface area contributed by atoms with Crippen molar-refractivity contribution in [1.29, 1.82) is 0 Å². The van der Waals surface area contributed by atoms with Gasteiger partial charge in [0.15, 0.2) is 0 Å². The molecule has 0 aliphatic heterocycles. The second-order valence-corrected chi connectivity index (χ2v) is 4.83. The van der Waals surface area contributed by atoms with Crippen LogP contribution in [-0.2, 0) is 4.79 Å². The number of methoxy groups -OCH3 is 1. The SMILES string of the molecule is CCC(C)(NC(=O)Nc1ccc(Cl)c(OC)c1)C(=O)O. The molecule has 1 rings (SSSR count). The van der Waals surface area contributed by atoms with Crippen LogP contribution in [0.5, 0.6) is 5.75 Å². The van der Waals surface area contributed by atoms with Crippen LogP contribution in [0.4, 0.5) is 10.5 Å². The number of amides is 2. The first-order valence-corrected chi connectivity index (χ1v) is 6.36. The molecule has 0 saturated carbocycles. The summed E-state index contributed by atoms with van der Waals surface area (Å²) >= 11 is 5.87. The summed E-state index contributed by atoms with van der Waals surface area (Å²) in [6.45, 7) is 3.12. The highest BCUT2D eigenvalue weighted by molar-refractivity contribution is 6.32. The number of hydrogen-bond donors (Lipinski definition) is 3. The minimum Gasteiger partial charge on any atom is -0.495 e. The fourth-order valence-electron chi connectivity index (χ4n) is 1.44. The standard InChI is InChI=1S/C13H17ClN2O4/c1-4-13(2,11(17)18)16-12(19)15-8-5-6-9(14)10(7-8)20-3/h5-7H,4H2,1-3H3,(H,17,18)(H2,15,16,19). The van der Waals surface area contributed by atoms with E-state index in [1.165, 1.54) is 14.0 Å². The average Bonchev–Trinajstić information content (AvgIpc) is 2.40. The summed E-state index contributed by atoms with van der Waals surface area (Å²) in [7, 11) is 1.46. The molecule has 110 valence electrons. The number of hydrogen-bond acceptors (Lipinski definition) is 3. The third-order valence-electron chi connectivity index (χ3n) is 2.98. The lowest BCUT2D eigenvalue weighted by molar-refractivity contribution is -0.143. The molecule has 1 atom stereocenters. The maximum Gasteiger partial charge on any atom is 0.329 e. The molecule has 2 amide bonds. The van der Waals surface area contributed by atoms with Crippen molar-refractivity contribution in [2.45, 2.75) is 25.8 Å². The Morgan fingerprint density at radius 1 is 1.45 bits per heavy atom. The van der Waals surface area contributed by atoms with E-state index in [2.05, 4.69) is 10.6 Å². The van der Waals surface area contributed by atoms with Gasteiger partial charge in [0.2, 0.25) is 0 Å². The van der Waals surface area contributed by atoms with Gasteiger partial charge in [-0.3, -0.25) is 0 Å². The molecule has 0 heterocycles. The highest BCUT2D eigenvalue weighted by atomic mass is 35.5. The number of benzene rings is 1. The molecule has 0 bridgehead atoms. The summed E-state index contributed by atoms with van der Waals surface area (Å²) in [5, 5.41) is 14.5. The molecule has 3 N–H and O–H groups in total. The zero-order valence-electron chi connectivity index (χ0n) is 11.5. The first kappa shape index (κ1) is 16.1. The van der Waals surface area contributed by atoms with Gasteiger partial charge in [-0.1, -0.05) is 18.5 Å². The van der Waals surface area contributed by atoms with Gasteiger partial charge in [0, 0.05) is 11.8 Å². The maximum absolute atomic E-state index is 11.8. The number of nitrogens with one attached hydrogen (secondary N) is 2. The van der Waals surface area contributed by atoms with Gasteiger partial charge in [0.05, 0.1) is 12.1 Å². The van der Waals surface area contributed by atoms with Crippen LogP contribution in [-0.4, -0.2) is 29.8 Å². The molecule has 0 aliphatic carbocycles. The van der Waals surface area contributed by atoms with E-state index >= 15 is 0 Å². The maximum atomic E-state index is 11.8. The molecule has 6 nitrogen and oxygen atoms in total. The van der Waals surface area contributed by atoms with Crippen LogP contribution in [0.2, 0.25) is 5.02 Å². The monoisotopic (exact) mass is 300 g/mol. The normalized spacial score (nSPS) is 13.2. The van der Waals surface area contributed by atoms with E-state index in [-0.39, 0.29) is 6.42 Å². The van der Waals surface area contributed by atoms with Crippen molar-refractivity contribution < 1.29 is 19.4 Å². The average molecular weight is 301 g/mol. The Kier molecular flexibility index (Phi) is 5.21. The van der Waals surface area contributed by atoms with Crippen molar-refractivity contribution in [3.8, 4) is 5.75 Å². The smallest absolute Gasteiger partial charge is 0.329 e. The lowest BCUT2D eigenvalue weighted by Crippen LogP contribution is -2.53. The van der Waals surface area contributed by atoms with Gasteiger partial charge in [0.1, 0.15) is 11.3 Å². The molecular formula is C13H17ClN2O4. The minimum absolute atomic E-state index is 0.264. The van der Waals surface area contributed by atoms with E-state index in [0.29, 0.717) is 16.5 Å². The van der Waals surface area contributed by atoms with E-state index in [1.807, 2.05) is 0 Å². The van der Waals surface area contributed by atoms with Crippen LogP contribution in [0.1, 0.15) is 20.3 Å². The molecule has 1 aromatic rings. The van der Waals surface area contributed by atoms with Crippen LogP contribution in [0.15, 0.2) is 18.2 Å². The summed E-state index contributed by atoms with van der Waals surface area (Å²) < 4.78 is 5.03. The van der Waals surface area contributed by atoms with Crippen molar-refractivity contribution in [2.24, 2.45) is 0 Å². The Balaban J connectivity index is 2.79. The van der Waals surface area contributed by atoms with Crippen molar-refractivity contribution in [3.63, 3.8) is 0 Å². The number of halogens is 1. The Hall–Kier alpha value is -1.95. The predicted octanol–water partition coefficient (Wildman–Crippen LogP) is 2.72. The lowest BCUT2D eigenvalue weighted by Gasteiger charge is -2.24. The van der Waals surface area contributed by atoms with Crippen LogP contribution < -0.4 is 15.4 Å². The van der Waals surface area contributed by atoms with Crippen molar-refractivity contribution in [1.82, 2.24) is 5.32 Å². The summed E-state index contributed by atoms with van der Waals surface area (Å²) in [5.41, 5.74) is -0.867. The molecule has 7 heteroatoms. The number of ether oxygens (including phenoxy) is 1. The van der Waals surface area contributed by atoms with Crippen LogP contribution in [0, 0.1) is 0 Å². The molecule has 20 heavy (non-hydrogen) atoms.